The monoisotopic (exact) mass is 438 g/mol. The van der Waals surface area contributed by atoms with E-state index in [4.69, 9.17) is 0 Å². The van der Waals surface area contributed by atoms with Crippen LogP contribution in [0.25, 0.3) is 0 Å². The predicted octanol–water partition coefficient (Wildman–Crippen LogP) is 4.77. The van der Waals surface area contributed by atoms with Gasteiger partial charge in [-0.05, 0) is 41.5 Å². The molecule has 0 saturated heterocycles. The molecule has 25 heavy (non-hydrogen) atoms. The zero-order chi connectivity index (χ0) is 19.2. The van der Waals surface area contributed by atoms with E-state index < -0.39 is 24.8 Å². The highest BCUT2D eigenvalue weighted by atomic mass is 31.1. The summed E-state index contributed by atoms with van der Waals surface area (Å²) in [5.74, 6) is 0. The van der Waals surface area contributed by atoms with E-state index in [2.05, 4.69) is 27.1 Å². The Hall–Kier alpha value is 0.592. The van der Waals surface area contributed by atoms with E-state index in [9.17, 15) is 13.7 Å². The van der Waals surface area contributed by atoms with E-state index in [0.29, 0.717) is 39.6 Å². The smallest absolute Gasteiger partial charge is 0.119 e. The van der Waals surface area contributed by atoms with Crippen LogP contribution in [-0.2, 0) is 40.8 Å². The zero-order valence-corrected chi connectivity index (χ0v) is 19.7. The molecule has 0 rings (SSSR count). The van der Waals surface area contributed by atoms with Crippen LogP contribution in [0.4, 0.5) is 0 Å². The first-order valence-electron chi connectivity index (χ1n) is 7.62. The van der Waals surface area contributed by atoms with Crippen molar-refractivity contribution in [2.24, 2.45) is 0 Å². The van der Waals surface area contributed by atoms with Gasteiger partial charge in [0.1, 0.15) is 39.6 Å². The van der Waals surface area contributed by atoms with Gasteiger partial charge in [-0.1, -0.05) is 0 Å². The molecule has 0 saturated carbocycles. The lowest BCUT2D eigenvalue weighted by Gasteiger charge is -1.79. The van der Waals surface area contributed by atoms with Crippen LogP contribution in [0.5, 0.6) is 0 Å². The van der Waals surface area contributed by atoms with Crippen LogP contribution in [0.2, 0.25) is 0 Å². The van der Waals surface area contributed by atoms with Crippen molar-refractivity contribution in [3.8, 4) is 0 Å². The summed E-state index contributed by atoms with van der Waals surface area (Å²) in [6.07, 6.45) is 0. The van der Waals surface area contributed by atoms with E-state index in [-0.39, 0.29) is 17.4 Å². The molecule has 0 amide bonds. The molecule has 0 atom stereocenters. The molecule has 0 aliphatic rings. The number of hydrogen-bond acceptors (Lipinski definition) is 9. The van der Waals surface area contributed by atoms with E-state index in [1.165, 1.54) is 0 Å². The maximum atomic E-state index is 10.3. The molecular formula is C12H30AlO9P3+3. The van der Waals surface area contributed by atoms with Crippen molar-refractivity contribution < 1.29 is 40.8 Å². The highest BCUT2D eigenvalue weighted by Gasteiger charge is 2.17. The number of hydrogen-bond donors (Lipinski definition) is 0. The van der Waals surface area contributed by atoms with E-state index >= 15 is 0 Å². The number of rotatable bonds is 12. The minimum Gasteiger partial charge on any atom is -0.119 e. The Balaban J connectivity index is -0.000000130. The van der Waals surface area contributed by atoms with Crippen molar-refractivity contribution in [1.29, 1.82) is 0 Å². The molecule has 0 bridgehead atoms. The molecule has 0 spiro atoms. The third kappa shape index (κ3) is 36.3. The Morgan fingerprint density at radius 2 is 0.560 bits per heavy atom. The first-order chi connectivity index (χ1) is 11.4. The third-order valence-electron chi connectivity index (χ3n) is 1.41. The van der Waals surface area contributed by atoms with E-state index in [1.54, 1.807) is 41.5 Å². The summed E-state index contributed by atoms with van der Waals surface area (Å²) in [6, 6.07) is 0. The van der Waals surface area contributed by atoms with Gasteiger partial charge in [-0.2, -0.15) is 0 Å². The molecule has 147 valence electrons. The summed E-state index contributed by atoms with van der Waals surface area (Å²) in [5.41, 5.74) is 0. The second kappa shape index (κ2) is 29.4. The van der Waals surface area contributed by atoms with Crippen LogP contribution < -0.4 is 0 Å². The lowest BCUT2D eigenvalue weighted by molar-refractivity contribution is 0.242. The molecule has 3 radical (unpaired) electrons. The van der Waals surface area contributed by atoms with Crippen LogP contribution in [-0.4, -0.2) is 57.0 Å². The molecule has 0 aliphatic carbocycles. The first kappa shape index (κ1) is 33.2. The van der Waals surface area contributed by atoms with Gasteiger partial charge in [0.05, 0.1) is 0 Å². The summed E-state index contributed by atoms with van der Waals surface area (Å²) >= 11 is 0. The Kier molecular flexibility index (Phi) is 39.0. The predicted molar refractivity (Wildman–Crippen MR) is 98.3 cm³/mol. The quantitative estimate of drug-likeness (QED) is 0.315. The molecule has 0 aliphatic heterocycles. The zero-order valence-electron chi connectivity index (χ0n) is 15.8. The first-order valence-corrected chi connectivity index (χ1v) is 10.9. The van der Waals surface area contributed by atoms with E-state index in [0.717, 1.165) is 0 Å². The minimum atomic E-state index is -1.83. The SMILES string of the molecule is CCO[P+](=O)OCC.CCO[P+](=O)OCC.CCO[P+](=O)OCC.[Al]. The largest absolute Gasteiger partial charge is 0.697 e. The van der Waals surface area contributed by atoms with Crippen LogP contribution in [0.1, 0.15) is 41.5 Å². The molecule has 0 heterocycles. The average Bonchev–Trinajstić information content (AvgIpc) is 2.50. The lowest BCUT2D eigenvalue weighted by atomic mass is 10.9. The highest BCUT2D eigenvalue weighted by molar-refractivity contribution is 7.33. The van der Waals surface area contributed by atoms with Crippen molar-refractivity contribution in [2.45, 2.75) is 41.5 Å². The van der Waals surface area contributed by atoms with E-state index in [1.807, 2.05) is 0 Å². The summed E-state index contributed by atoms with van der Waals surface area (Å²) in [4.78, 5) is 0. The van der Waals surface area contributed by atoms with Crippen LogP contribution in [0, 0.1) is 0 Å². The molecule has 0 aromatic heterocycles. The fourth-order valence-electron chi connectivity index (χ4n) is 0.744. The van der Waals surface area contributed by atoms with Crippen LogP contribution in [0.15, 0.2) is 0 Å². The van der Waals surface area contributed by atoms with Crippen molar-refractivity contribution in [1.82, 2.24) is 0 Å². The van der Waals surface area contributed by atoms with Crippen molar-refractivity contribution in [3.05, 3.63) is 0 Å². The molecule has 0 fully saturated rings. The molecular weight excluding hydrogens is 408 g/mol. The van der Waals surface area contributed by atoms with Gasteiger partial charge < -0.3 is 0 Å². The molecule has 9 nitrogen and oxygen atoms in total. The van der Waals surface area contributed by atoms with Gasteiger partial charge in [0, 0.05) is 31.1 Å². The fourth-order valence-corrected chi connectivity index (χ4v) is 2.23. The van der Waals surface area contributed by atoms with Crippen molar-refractivity contribution in [3.63, 3.8) is 0 Å². The van der Waals surface area contributed by atoms with Gasteiger partial charge in [0.2, 0.25) is 0 Å². The summed E-state index contributed by atoms with van der Waals surface area (Å²) in [5, 5.41) is 0. The summed E-state index contributed by atoms with van der Waals surface area (Å²) < 4.78 is 58.5. The Morgan fingerprint density at radius 3 is 0.640 bits per heavy atom. The molecule has 0 aromatic carbocycles. The lowest BCUT2D eigenvalue weighted by Crippen LogP contribution is -1.81. The molecule has 0 N–H and O–H groups in total. The third-order valence-corrected chi connectivity index (χ3v) is 4.22. The Bertz CT molecular complexity index is 251. The average molecular weight is 438 g/mol. The molecule has 0 aromatic rings. The van der Waals surface area contributed by atoms with Gasteiger partial charge in [0.25, 0.3) is 0 Å². The van der Waals surface area contributed by atoms with Gasteiger partial charge in [-0.3, -0.25) is 0 Å². The van der Waals surface area contributed by atoms with Crippen molar-refractivity contribution in [2.75, 3.05) is 39.6 Å². The van der Waals surface area contributed by atoms with Crippen molar-refractivity contribution >= 4 is 42.1 Å². The fraction of sp³-hybridized carbons (Fsp3) is 1.00. The van der Waals surface area contributed by atoms with Gasteiger partial charge in [-0.25, -0.2) is 0 Å². The Morgan fingerprint density at radius 1 is 0.440 bits per heavy atom. The maximum absolute atomic E-state index is 10.3. The maximum Gasteiger partial charge on any atom is 0.697 e. The molecule has 0 unspecified atom stereocenters. The molecule has 13 heteroatoms. The minimum absolute atomic E-state index is 0. The normalized spacial score (nSPS) is 8.88. The second-order valence-electron chi connectivity index (χ2n) is 3.18. The van der Waals surface area contributed by atoms with Crippen LogP contribution >= 0.6 is 24.8 Å². The van der Waals surface area contributed by atoms with Gasteiger partial charge in [0.15, 0.2) is 0 Å². The Labute approximate surface area is 164 Å². The highest BCUT2D eigenvalue weighted by Crippen LogP contribution is 2.23. The van der Waals surface area contributed by atoms with Crippen LogP contribution in [0.3, 0.4) is 0 Å². The summed E-state index contributed by atoms with van der Waals surface area (Å²) in [7, 11) is -5.49. The summed E-state index contributed by atoms with van der Waals surface area (Å²) in [6.45, 7) is 13.3. The van der Waals surface area contributed by atoms with Gasteiger partial charge >= 0.3 is 24.8 Å². The standard InChI is InChI=1S/3C4H10O3P.Al/c3*1-3-6-8(5)7-4-2;/h3*3-4H2,1-2H3;/q3*+1;. The second-order valence-corrected chi connectivity index (χ2v) is 6.07. The van der Waals surface area contributed by atoms with Gasteiger partial charge in [-0.15, -0.1) is 27.1 Å². The topological polar surface area (TPSA) is 107 Å².